The number of methoxy groups -OCH3 is 1. The van der Waals surface area contributed by atoms with Crippen molar-refractivity contribution in [3.8, 4) is 17.2 Å². The van der Waals surface area contributed by atoms with Crippen LogP contribution in [0.3, 0.4) is 0 Å². The van der Waals surface area contributed by atoms with Crippen molar-refractivity contribution >= 4 is 34.3 Å². The van der Waals surface area contributed by atoms with E-state index in [0.29, 0.717) is 46.7 Å². The molecule has 172 valence electrons. The van der Waals surface area contributed by atoms with Crippen molar-refractivity contribution in [3.05, 3.63) is 23.0 Å². The number of ether oxygens (including phenoxy) is 1. The molecule has 0 radical (unpaired) electrons. The maximum Gasteiger partial charge on any atom is 0.228 e. The molecule has 3 aromatic rings. The Kier molecular flexibility index (Phi) is 6.13. The molecule has 4 rings (SSSR count). The molecule has 4 atom stereocenters. The molecule has 0 aliphatic heterocycles. The van der Waals surface area contributed by atoms with E-state index in [9.17, 15) is 15.3 Å². The Hall–Kier alpha value is -2.66. The van der Waals surface area contributed by atoms with Crippen molar-refractivity contribution in [2.45, 2.75) is 31.6 Å². The summed E-state index contributed by atoms with van der Waals surface area (Å²) in [7, 11) is 5.11. The number of rotatable bonds is 6. The second-order valence-corrected chi connectivity index (χ2v) is 8.48. The van der Waals surface area contributed by atoms with E-state index in [0.717, 1.165) is 5.39 Å². The summed E-state index contributed by atoms with van der Waals surface area (Å²) < 4.78 is 11.3. The Balaban J connectivity index is 1.82. The molecule has 1 aliphatic carbocycles. The van der Waals surface area contributed by atoms with E-state index in [1.165, 1.54) is 0 Å². The quantitative estimate of drug-likeness (QED) is 0.400. The standard InChI is InChI=1S/C21H26ClN5O5/c1-9-18-10(7-14(23-9)31-4)6-13(32-18)15-19(22)25-21(27(2)3)26-20(15)24-12-5-11(8-28)16(29)17(12)30/h6-7,11-12,16-17,28-30H,5,8H2,1-4H3,(H,24,25,26)/t11-,12-,16-,17+/m1/s1. The minimum Gasteiger partial charge on any atom is -0.481 e. The third-order valence-corrected chi connectivity index (χ3v) is 5.99. The van der Waals surface area contributed by atoms with Crippen molar-refractivity contribution in [1.29, 1.82) is 0 Å². The number of hydrogen-bond donors (Lipinski definition) is 4. The Bertz CT molecular complexity index is 1140. The number of aliphatic hydroxyl groups is 3. The molecular formula is C21H26ClN5O5. The number of furan rings is 1. The van der Waals surface area contributed by atoms with Crippen LogP contribution >= 0.6 is 11.6 Å². The van der Waals surface area contributed by atoms with Crippen LogP contribution < -0.4 is 15.0 Å². The fourth-order valence-electron chi connectivity index (χ4n) is 3.97. The molecule has 1 fully saturated rings. The van der Waals surface area contributed by atoms with Crippen LogP contribution in [0.15, 0.2) is 16.5 Å². The first-order valence-electron chi connectivity index (χ1n) is 10.2. The Morgan fingerprint density at radius 1 is 1.22 bits per heavy atom. The average molecular weight is 464 g/mol. The third-order valence-electron chi connectivity index (χ3n) is 5.71. The topological polar surface area (TPSA) is 137 Å². The smallest absolute Gasteiger partial charge is 0.228 e. The molecule has 0 bridgehead atoms. The SMILES string of the molecule is COc1cc2cc(-c3c(Cl)nc(N(C)C)nc3N[C@@H]3C[C@H](CO)[C@@H](O)[C@H]3O)oc2c(C)n1. The van der Waals surface area contributed by atoms with Gasteiger partial charge in [0.1, 0.15) is 22.8 Å². The van der Waals surface area contributed by atoms with Crippen LogP contribution in [-0.2, 0) is 0 Å². The molecule has 11 heteroatoms. The number of halogens is 1. The first-order chi connectivity index (χ1) is 15.2. The zero-order chi connectivity index (χ0) is 23.2. The number of aromatic nitrogens is 3. The van der Waals surface area contributed by atoms with E-state index >= 15 is 0 Å². The number of nitrogens with one attached hydrogen (secondary N) is 1. The normalized spacial score (nSPS) is 23.0. The number of aliphatic hydroxyl groups excluding tert-OH is 3. The minimum atomic E-state index is -1.08. The lowest BCUT2D eigenvalue weighted by atomic mass is 10.1. The zero-order valence-corrected chi connectivity index (χ0v) is 19.0. The second-order valence-electron chi connectivity index (χ2n) is 8.12. The van der Waals surface area contributed by atoms with Gasteiger partial charge < -0.3 is 34.7 Å². The van der Waals surface area contributed by atoms with Crippen LogP contribution in [0.2, 0.25) is 5.15 Å². The van der Waals surface area contributed by atoms with Gasteiger partial charge in [-0.15, -0.1) is 0 Å². The van der Waals surface area contributed by atoms with Crippen molar-refractivity contribution in [3.63, 3.8) is 0 Å². The molecule has 0 saturated heterocycles. The maximum absolute atomic E-state index is 10.5. The number of nitrogens with zero attached hydrogens (tertiary/aromatic N) is 4. The summed E-state index contributed by atoms with van der Waals surface area (Å²) in [5, 5.41) is 34.3. The van der Waals surface area contributed by atoms with Crippen LogP contribution in [0.1, 0.15) is 12.1 Å². The van der Waals surface area contributed by atoms with Gasteiger partial charge in [-0.25, -0.2) is 9.97 Å². The zero-order valence-electron chi connectivity index (χ0n) is 18.2. The highest BCUT2D eigenvalue weighted by Crippen LogP contribution is 2.40. The maximum atomic E-state index is 10.5. The monoisotopic (exact) mass is 463 g/mol. The van der Waals surface area contributed by atoms with Gasteiger partial charge in [0.15, 0.2) is 5.58 Å². The van der Waals surface area contributed by atoms with Crippen molar-refractivity contribution in [2.24, 2.45) is 5.92 Å². The predicted octanol–water partition coefficient (Wildman–Crippen LogP) is 1.84. The molecule has 0 unspecified atom stereocenters. The predicted molar refractivity (Wildman–Crippen MR) is 120 cm³/mol. The Morgan fingerprint density at radius 2 is 1.97 bits per heavy atom. The molecule has 10 nitrogen and oxygen atoms in total. The summed E-state index contributed by atoms with van der Waals surface area (Å²) in [5.41, 5.74) is 1.65. The summed E-state index contributed by atoms with van der Waals surface area (Å²) in [4.78, 5) is 15.0. The molecule has 4 N–H and O–H groups in total. The molecule has 0 aromatic carbocycles. The summed E-state index contributed by atoms with van der Waals surface area (Å²) >= 11 is 6.58. The number of anilines is 2. The molecule has 0 spiro atoms. The van der Waals surface area contributed by atoms with E-state index in [1.807, 2.05) is 6.92 Å². The molecule has 1 saturated carbocycles. The van der Waals surface area contributed by atoms with Gasteiger partial charge in [0.25, 0.3) is 0 Å². The van der Waals surface area contributed by atoms with Crippen LogP contribution in [0.4, 0.5) is 11.8 Å². The van der Waals surface area contributed by atoms with Crippen molar-refractivity contribution < 1.29 is 24.5 Å². The van der Waals surface area contributed by atoms with E-state index in [1.54, 1.807) is 38.2 Å². The number of hydrogen-bond acceptors (Lipinski definition) is 10. The molecule has 3 aromatic heterocycles. The van der Waals surface area contributed by atoms with Gasteiger partial charge in [-0.3, -0.25) is 0 Å². The molecule has 32 heavy (non-hydrogen) atoms. The summed E-state index contributed by atoms with van der Waals surface area (Å²) in [6.45, 7) is 1.59. The minimum absolute atomic E-state index is 0.162. The third kappa shape index (κ3) is 3.95. The molecule has 3 heterocycles. The van der Waals surface area contributed by atoms with E-state index in [4.69, 9.17) is 20.8 Å². The van der Waals surface area contributed by atoms with E-state index < -0.39 is 24.2 Å². The van der Waals surface area contributed by atoms with Gasteiger partial charge in [-0.1, -0.05) is 11.6 Å². The van der Waals surface area contributed by atoms with Crippen molar-refractivity contribution in [1.82, 2.24) is 15.0 Å². The van der Waals surface area contributed by atoms with Crippen LogP contribution in [-0.4, -0.2) is 76.3 Å². The second kappa shape index (κ2) is 8.70. The Morgan fingerprint density at radius 3 is 2.59 bits per heavy atom. The number of aryl methyl sites for hydroxylation is 1. The van der Waals surface area contributed by atoms with Crippen LogP contribution in [0, 0.1) is 12.8 Å². The molecular weight excluding hydrogens is 438 g/mol. The van der Waals surface area contributed by atoms with E-state index in [-0.39, 0.29) is 11.8 Å². The lowest BCUT2D eigenvalue weighted by Gasteiger charge is -2.21. The molecule has 1 aliphatic rings. The van der Waals surface area contributed by atoms with Crippen LogP contribution in [0.25, 0.3) is 22.3 Å². The number of fused-ring (bicyclic) bond motifs is 1. The fraction of sp³-hybridized carbons (Fsp3) is 0.476. The van der Waals surface area contributed by atoms with Gasteiger partial charge in [-0.05, 0) is 19.4 Å². The van der Waals surface area contributed by atoms with Gasteiger partial charge in [0.05, 0.1) is 30.5 Å². The highest BCUT2D eigenvalue weighted by molar-refractivity contribution is 6.32. The lowest BCUT2D eigenvalue weighted by molar-refractivity contribution is 0.00446. The highest BCUT2D eigenvalue weighted by atomic mass is 35.5. The summed E-state index contributed by atoms with van der Waals surface area (Å²) in [5.74, 6) is 1.15. The fourth-order valence-corrected chi connectivity index (χ4v) is 4.23. The Labute approximate surface area is 189 Å². The largest absolute Gasteiger partial charge is 0.481 e. The van der Waals surface area contributed by atoms with Gasteiger partial charge in [-0.2, -0.15) is 4.98 Å². The lowest BCUT2D eigenvalue weighted by Crippen LogP contribution is -2.35. The summed E-state index contributed by atoms with van der Waals surface area (Å²) in [6, 6.07) is 3.01. The van der Waals surface area contributed by atoms with E-state index in [2.05, 4.69) is 20.3 Å². The number of pyridine rings is 1. The van der Waals surface area contributed by atoms with Crippen LogP contribution in [0.5, 0.6) is 5.88 Å². The molecule has 0 amide bonds. The first-order valence-corrected chi connectivity index (χ1v) is 10.5. The average Bonchev–Trinajstić information content (AvgIpc) is 3.29. The summed E-state index contributed by atoms with van der Waals surface area (Å²) in [6.07, 6.45) is -1.76. The van der Waals surface area contributed by atoms with Gasteiger partial charge in [0.2, 0.25) is 11.8 Å². The van der Waals surface area contributed by atoms with Gasteiger partial charge in [0, 0.05) is 38.1 Å². The van der Waals surface area contributed by atoms with Crippen molar-refractivity contribution in [2.75, 3.05) is 38.0 Å². The first kappa shape index (κ1) is 22.5. The van der Waals surface area contributed by atoms with Gasteiger partial charge >= 0.3 is 0 Å². The highest BCUT2D eigenvalue weighted by Gasteiger charge is 2.41.